The Morgan fingerprint density at radius 2 is 1.50 bits per heavy atom. The summed E-state index contributed by atoms with van der Waals surface area (Å²) in [6.45, 7) is 6.67. The number of esters is 1. The van der Waals surface area contributed by atoms with E-state index in [1.54, 1.807) is 4.57 Å². The van der Waals surface area contributed by atoms with E-state index in [1.165, 1.54) is 77.0 Å². The monoisotopic (exact) mass is 527 g/mol. The molecule has 38 heavy (non-hydrogen) atoms. The molecule has 6 heteroatoms. The molecule has 1 saturated heterocycles. The minimum Gasteiger partial charge on any atom is -0.502 e. The van der Waals surface area contributed by atoms with Gasteiger partial charge in [-0.15, -0.1) is 0 Å². The Kier molecular flexibility index (Phi) is 14.5. The Morgan fingerprint density at radius 1 is 0.895 bits per heavy atom. The van der Waals surface area contributed by atoms with Gasteiger partial charge in [-0.05, 0) is 18.6 Å². The van der Waals surface area contributed by atoms with E-state index in [4.69, 9.17) is 9.47 Å². The van der Waals surface area contributed by atoms with Crippen LogP contribution < -0.4 is 4.57 Å². The van der Waals surface area contributed by atoms with Crippen molar-refractivity contribution in [3.63, 3.8) is 0 Å². The first-order valence-corrected chi connectivity index (χ1v) is 15.3. The number of ether oxygens (including phenoxy) is 2. The maximum Gasteiger partial charge on any atom is 0.372 e. The number of unbranched alkanes of at least 4 members (excludes halogenated alkanes) is 13. The van der Waals surface area contributed by atoms with Crippen LogP contribution in [-0.2, 0) is 27.4 Å². The molecular formula is C32H51N2O4+. The molecule has 6 nitrogen and oxygen atoms in total. The molecule has 0 spiro atoms. The normalized spacial score (nSPS) is 14.2. The van der Waals surface area contributed by atoms with Crippen LogP contribution >= 0.6 is 0 Å². The van der Waals surface area contributed by atoms with Crippen molar-refractivity contribution in [1.29, 1.82) is 0 Å². The van der Waals surface area contributed by atoms with Gasteiger partial charge >= 0.3 is 5.97 Å². The molecule has 0 saturated carbocycles. The SMILES string of the molecule is CCCCCCCCCCCCCCCCOC(=O)C[n+]1cccc2ccc(CN3CCOCC3)c(O)c21. The number of fused-ring (bicyclic) bond motifs is 1. The lowest BCUT2D eigenvalue weighted by molar-refractivity contribution is -0.660. The molecule has 1 fully saturated rings. The van der Waals surface area contributed by atoms with Crippen molar-refractivity contribution in [3.8, 4) is 5.75 Å². The quantitative estimate of drug-likeness (QED) is 0.125. The summed E-state index contributed by atoms with van der Waals surface area (Å²) >= 11 is 0. The molecule has 0 radical (unpaired) electrons. The lowest BCUT2D eigenvalue weighted by atomic mass is 10.0. The summed E-state index contributed by atoms with van der Waals surface area (Å²) in [5.41, 5.74) is 1.56. The van der Waals surface area contributed by atoms with Crippen LogP contribution in [0.4, 0.5) is 0 Å². The van der Waals surface area contributed by atoms with Crippen molar-refractivity contribution in [2.45, 2.75) is 110 Å². The maximum absolute atomic E-state index is 12.6. The standard InChI is InChI=1S/C32H50N2O4/c1-2-3-4-5-6-7-8-9-10-11-12-13-14-15-23-38-30(35)27-34-20-16-17-28-18-19-29(32(36)31(28)34)26-33-21-24-37-25-22-33/h16-20H,2-15,21-27H2,1H3/p+1. The van der Waals surface area contributed by atoms with Gasteiger partial charge in [-0.25, -0.2) is 4.79 Å². The zero-order valence-electron chi connectivity index (χ0n) is 23.8. The first-order chi connectivity index (χ1) is 18.7. The Labute approximate surface area is 230 Å². The second kappa shape index (κ2) is 18.2. The molecule has 0 bridgehead atoms. The van der Waals surface area contributed by atoms with Gasteiger partial charge < -0.3 is 14.6 Å². The van der Waals surface area contributed by atoms with Crippen molar-refractivity contribution in [1.82, 2.24) is 4.90 Å². The summed E-state index contributed by atoms with van der Waals surface area (Å²) < 4.78 is 12.8. The Bertz CT molecular complexity index is 942. The summed E-state index contributed by atoms with van der Waals surface area (Å²) in [7, 11) is 0. The van der Waals surface area contributed by atoms with Gasteiger partial charge in [0.2, 0.25) is 6.54 Å². The Hall–Kier alpha value is -2.18. The number of carbonyl (C=O) groups is 1. The molecular weight excluding hydrogens is 476 g/mol. The number of pyridine rings is 1. The maximum atomic E-state index is 12.6. The molecule has 3 rings (SSSR count). The van der Waals surface area contributed by atoms with Crippen molar-refractivity contribution in [3.05, 3.63) is 36.0 Å². The van der Waals surface area contributed by atoms with Crippen LogP contribution in [0.5, 0.6) is 5.75 Å². The summed E-state index contributed by atoms with van der Waals surface area (Å²) in [6, 6.07) is 7.86. The zero-order chi connectivity index (χ0) is 26.8. The lowest BCUT2D eigenvalue weighted by Gasteiger charge is -2.26. The Balaban J connectivity index is 1.30. The second-order valence-corrected chi connectivity index (χ2v) is 10.9. The third-order valence-corrected chi connectivity index (χ3v) is 7.65. The largest absolute Gasteiger partial charge is 0.502 e. The number of aromatic hydroxyl groups is 1. The molecule has 1 aromatic heterocycles. The number of phenols is 1. The fourth-order valence-corrected chi connectivity index (χ4v) is 5.33. The zero-order valence-corrected chi connectivity index (χ0v) is 23.8. The highest BCUT2D eigenvalue weighted by Crippen LogP contribution is 2.27. The third kappa shape index (κ3) is 10.9. The van der Waals surface area contributed by atoms with E-state index in [0.29, 0.717) is 18.7 Å². The third-order valence-electron chi connectivity index (χ3n) is 7.65. The summed E-state index contributed by atoms with van der Waals surface area (Å²) in [6.07, 6.45) is 20.2. The van der Waals surface area contributed by atoms with Gasteiger partial charge in [0.05, 0.1) is 25.2 Å². The summed E-state index contributed by atoms with van der Waals surface area (Å²) in [5, 5.41) is 12.0. The van der Waals surface area contributed by atoms with Crippen molar-refractivity contribution in [2.75, 3.05) is 32.9 Å². The number of phenolic OH excluding ortho intramolecular Hbond substituents is 1. The van der Waals surface area contributed by atoms with E-state index >= 15 is 0 Å². The van der Waals surface area contributed by atoms with Crippen LogP contribution in [0.3, 0.4) is 0 Å². The smallest absolute Gasteiger partial charge is 0.372 e. The van der Waals surface area contributed by atoms with Gasteiger partial charge in [-0.3, -0.25) is 4.90 Å². The highest BCUT2D eigenvalue weighted by molar-refractivity contribution is 5.83. The van der Waals surface area contributed by atoms with Crippen LogP contribution in [0.2, 0.25) is 0 Å². The molecule has 0 unspecified atom stereocenters. The molecule has 212 valence electrons. The fraction of sp³-hybridized carbons (Fsp3) is 0.688. The summed E-state index contributed by atoms with van der Waals surface area (Å²) in [5.74, 6) is -0.00968. The molecule has 1 aliphatic rings. The average molecular weight is 528 g/mol. The van der Waals surface area contributed by atoms with Gasteiger partial charge in [-0.1, -0.05) is 96.5 Å². The minimum atomic E-state index is -0.254. The van der Waals surface area contributed by atoms with Crippen molar-refractivity contribution >= 4 is 16.9 Å². The minimum absolute atomic E-state index is 0.102. The van der Waals surface area contributed by atoms with Crippen LogP contribution in [0.1, 0.15) is 102 Å². The molecule has 0 amide bonds. The van der Waals surface area contributed by atoms with Crippen LogP contribution in [0.15, 0.2) is 30.5 Å². The first-order valence-electron chi connectivity index (χ1n) is 15.3. The number of aromatic nitrogens is 1. The van der Waals surface area contributed by atoms with E-state index in [2.05, 4.69) is 11.8 Å². The number of benzene rings is 1. The van der Waals surface area contributed by atoms with Crippen LogP contribution in [-0.4, -0.2) is 48.9 Å². The molecule has 0 atom stereocenters. The number of hydrogen-bond donors (Lipinski definition) is 1. The summed E-state index contributed by atoms with van der Waals surface area (Å²) in [4.78, 5) is 14.8. The average Bonchev–Trinajstić information content (AvgIpc) is 2.93. The Morgan fingerprint density at radius 3 is 2.13 bits per heavy atom. The molecule has 2 aromatic rings. The van der Waals surface area contributed by atoms with Crippen molar-refractivity contribution < 1.29 is 23.9 Å². The molecule has 1 aliphatic heterocycles. The van der Waals surface area contributed by atoms with E-state index in [-0.39, 0.29) is 18.3 Å². The van der Waals surface area contributed by atoms with Gasteiger partial charge in [0.15, 0.2) is 11.9 Å². The number of nitrogens with zero attached hydrogens (tertiary/aromatic N) is 2. The number of hydrogen-bond acceptors (Lipinski definition) is 5. The second-order valence-electron chi connectivity index (χ2n) is 10.9. The molecule has 1 N–H and O–H groups in total. The fourth-order valence-electron chi connectivity index (χ4n) is 5.33. The van der Waals surface area contributed by atoms with E-state index in [9.17, 15) is 9.90 Å². The molecule has 1 aromatic carbocycles. The predicted octanol–water partition coefficient (Wildman–Crippen LogP) is 6.69. The van der Waals surface area contributed by atoms with Crippen LogP contribution in [0, 0.1) is 0 Å². The number of morpholine rings is 1. The first kappa shape index (κ1) is 30.4. The van der Waals surface area contributed by atoms with E-state index < -0.39 is 0 Å². The van der Waals surface area contributed by atoms with E-state index in [1.807, 2.05) is 30.5 Å². The highest BCUT2D eigenvalue weighted by Gasteiger charge is 2.21. The molecule has 0 aliphatic carbocycles. The van der Waals surface area contributed by atoms with E-state index in [0.717, 1.165) is 50.1 Å². The van der Waals surface area contributed by atoms with Crippen LogP contribution in [0.25, 0.3) is 10.9 Å². The van der Waals surface area contributed by atoms with Crippen molar-refractivity contribution in [2.24, 2.45) is 0 Å². The number of carbonyl (C=O) groups excluding carboxylic acids is 1. The van der Waals surface area contributed by atoms with Gasteiger partial charge in [0, 0.05) is 31.3 Å². The van der Waals surface area contributed by atoms with Gasteiger partial charge in [-0.2, -0.15) is 4.57 Å². The lowest BCUT2D eigenvalue weighted by Crippen LogP contribution is -2.39. The topological polar surface area (TPSA) is 62.9 Å². The van der Waals surface area contributed by atoms with Gasteiger partial charge in [0.25, 0.3) is 5.52 Å². The van der Waals surface area contributed by atoms with Gasteiger partial charge in [0.1, 0.15) is 0 Å². The molecule has 2 heterocycles. The predicted molar refractivity (Wildman–Crippen MR) is 153 cm³/mol. The number of rotatable bonds is 19. The highest BCUT2D eigenvalue weighted by atomic mass is 16.5.